The van der Waals surface area contributed by atoms with E-state index in [4.69, 9.17) is 0 Å². The molecule has 2 aromatic rings. The number of rotatable bonds is 6. The van der Waals surface area contributed by atoms with Crippen molar-refractivity contribution in [2.45, 2.75) is 45.2 Å². The van der Waals surface area contributed by atoms with Crippen LogP contribution < -0.4 is 9.62 Å². The molecule has 2 atom stereocenters. The zero-order chi connectivity index (χ0) is 19.6. The summed E-state index contributed by atoms with van der Waals surface area (Å²) in [6.07, 6.45) is 3.65. The molecule has 1 aliphatic heterocycles. The molecule has 0 bridgehead atoms. The van der Waals surface area contributed by atoms with Gasteiger partial charge in [0, 0.05) is 11.6 Å². The van der Waals surface area contributed by atoms with E-state index in [2.05, 4.69) is 12.2 Å². The maximum atomic E-state index is 12.8. The van der Waals surface area contributed by atoms with Gasteiger partial charge in [-0.2, -0.15) is 0 Å². The van der Waals surface area contributed by atoms with Crippen molar-refractivity contribution in [3.63, 3.8) is 0 Å². The molecule has 3 rings (SSSR count). The first-order chi connectivity index (χ1) is 12.8. The van der Waals surface area contributed by atoms with Crippen LogP contribution in [0.3, 0.4) is 0 Å². The maximum absolute atomic E-state index is 12.8. The highest BCUT2D eigenvalue weighted by molar-refractivity contribution is 7.92. The first kappa shape index (κ1) is 19.4. The van der Waals surface area contributed by atoms with Gasteiger partial charge in [0.25, 0.3) is 5.91 Å². The van der Waals surface area contributed by atoms with E-state index in [1.807, 2.05) is 43.3 Å². The van der Waals surface area contributed by atoms with Crippen LogP contribution in [0.1, 0.15) is 54.2 Å². The number of nitrogens with zero attached hydrogens (tertiary/aromatic N) is 1. The number of nitrogens with one attached hydrogen (secondary N) is 1. The van der Waals surface area contributed by atoms with E-state index in [1.54, 1.807) is 12.1 Å². The van der Waals surface area contributed by atoms with Gasteiger partial charge in [-0.25, -0.2) is 8.42 Å². The van der Waals surface area contributed by atoms with Crippen LogP contribution in [0.4, 0.5) is 5.69 Å². The topological polar surface area (TPSA) is 66.5 Å². The Kier molecular flexibility index (Phi) is 5.56. The summed E-state index contributed by atoms with van der Waals surface area (Å²) >= 11 is 0. The van der Waals surface area contributed by atoms with E-state index >= 15 is 0 Å². The molecule has 1 heterocycles. The Morgan fingerprint density at radius 3 is 2.56 bits per heavy atom. The number of hydrogen-bond donors (Lipinski definition) is 1. The molecule has 1 amide bonds. The number of carbonyl (C=O) groups excluding carboxylic acids is 1. The molecule has 27 heavy (non-hydrogen) atoms. The van der Waals surface area contributed by atoms with E-state index in [0.29, 0.717) is 17.7 Å². The number of fused-ring (bicyclic) bond motifs is 1. The molecule has 0 fully saturated rings. The Morgan fingerprint density at radius 1 is 1.22 bits per heavy atom. The van der Waals surface area contributed by atoms with Crippen molar-refractivity contribution >= 4 is 21.6 Å². The zero-order valence-electron chi connectivity index (χ0n) is 16.0. The van der Waals surface area contributed by atoms with Crippen molar-refractivity contribution in [1.29, 1.82) is 0 Å². The van der Waals surface area contributed by atoms with Crippen molar-refractivity contribution in [2.75, 3.05) is 10.6 Å². The highest BCUT2D eigenvalue weighted by Crippen LogP contribution is 2.34. The van der Waals surface area contributed by atoms with Crippen molar-refractivity contribution in [3.8, 4) is 0 Å². The van der Waals surface area contributed by atoms with Crippen LogP contribution in [0.2, 0.25) is 0 Å². The summed E-state index contributed by atoms with van der Waals surface area (Å²) in [4.78, 5) is 12.8. The second-order valence-corrected chi connectivity index (χ2v) is 9.04. The third kappa shape index (κ3) is 4.16. The monoisotopic (exact) mass is 386 g/mol. The third-order valence-corrected chi connectivity index (χ3v) is 6.21. The summed E-state index contributed by atoms with van der Waals surface area (Å²) in [5, 5.41) is 3.12. The number of sulfonamides is 1. The van der Waals surface area contributed by atoms with E-state index < -0.39 is 10.0 Å². The van der Waals surface area contributed by atoms with Crippen LogP contribution in [0.25, 0.3) is 0 Å². The lowest BCUT2D eigenvalue weighted by Crippen LogP contribution is -2.34. The van der Waals surface area contributed by atoms with Crippen LogP contribution in [0.15, 0.2) is 48.5 Å². The molecule has 0 saturated heterocycles. The molecule has 0 aromatic heterocycles. The molecule has 6 heteroatoms. The molecule has 1 aliphatic rings. The van der Waals surface area contributed by atoms with Crippen molar-refractivity contribution in [2.24, 2.45) is 0 Å². The van der Waals surface area contributed by atoms with E-state index in [1.165, 1.54) is 10.6 Å². The Hall–Kier alpha value is -2.34. The summed E-state index contributed by atoms with van der Waals surface area (Å²) in [5.41, 5.74) is 3.22. The lowest BCUT2D eigenvalue weighted by Gasteiger charge is -2.22. The van der Waals surface area contributed by atoms with Crippen molar-refractivity contribution in [3.05, 3.63) is 65.2 Å². The number of anilines is 1. The second kappa shape index (κ2) is 7.72. The minimum absolute atomic E-state index is 0.0385. The van der Waals surface area contributed by atoms with Crippen molar-refractivity contribution in [1.82, 2.24) is 5.32 Å². The van der Waals surface area contributed by atoms with Gasteiger partial charge < -0.3 is 5.32 Å². The standard InChI is InChI=1S/C21H26N2O3S/c1-4-8-19(16-9-6-5-7-10-16)22-21(24)17-11-12-20-18(14-17)13-15(2)23(20)27(3,25)26/h5-7,9-12,14-15,19H,4,8,13H2,1-3H3,(H,22,24)/t15-,19-/m1/s1. The lowest BCUT2D eigenvalue weighted by molar-refractivity contribution is 0.0934. The fourth-order valence-corrected chi connectivity index (χ4v) is 5.05. The van der Waals surface area contributed by atoms with Gasteiger partial charge in [0.05, 0.1) is 18.0 Å². The molecular weight excluding hydrogens is 360 g/mol. The average molecular weight is 387 g/mol. The van der Waals surface area contributed by atoms with Crippen molar-refractivity contribution < 1.29 is 13.2 Å². The third-order valence-electron chi connectivity index (χ3n) is 4.94. The van der Waals surface area contributed by atoms with Crippen LogP contribution in [0.5, 0.6) is 0 Å². The maximum Gasteiger partial charge on any atom is 0.251 e. The number of carbonyl (C=O) groups is 1. The largest absolute Gasteiger partial charge is 0.345 e. The molecule has 0 saturated carbocycles. The molecule has 2 aromatic carbocycles. The minimum atomic E-state index is -3.33. The molecule has 0 aliphatic carbocycles. The van der Waals surface area contributed by atoms with Crippen LogP contribution in [-0.2, 0) is 16.4 Å². The fourth-order valence-electron chi connectivity index (χ4n) is 3.79. The number of benzene rings is 2. The van der Waals surface area contributed by atoms with E-state index in [-0.39, 0.29) is 18.0 Å². The molecule has 1 N–H and O–H groups in total. The Balaban J connectivity index is 1.83. The Bertz CT molecular complexity index is 926. The average Bonchev–Trinajstić information content (AvgIpc) is 2.97. The predicted molar refractivity (Wildman–Crippen MR) is 108 cm³/mol. The van der Waals surface area contributed by atoms with Gasteiger partial charge in [-0.15, -0.1) is 0 Å². The number of amides is 1. The Morgan fingerprint density at radius 2 is 1.93 bits per heavy atom. The highest BCUT2D eigenvalue weighted by atomic mass is 32.2. The van der Waals surface area contributed by atoms with Crippen LogP contribution in [0, 0.1) is 0 Å². The quantitative estimate of drug-likeness (QED) is 0.824. The SMILES string of the molecule is CCC[C@@H](NC(=O)c1ccc2c(c1)C[C@@H](C)N2S(C)(=O)=O)c1ccccc1. The molecule has 0 spiro atoms. The van der Waals surface area contributed by atoms with Gasteiger partial charge >= 0.3 is 0 Å². The van der Waals surface area contributed by atoms with E-state index in [9.17, 15) is 13.2 Å². The predicted octanol–water partition coefficient (Wildman–Crippen LogP) is 3.67. The minimum Gasteiger partial charge on any atom is -0.345 e. The summed E-state index contributed by atoms with van der Waals surface area (Å²) < 4.78 is 25.5. The van der Waals surface area contributed by atoms with E-state index in [0.717, 1.165) is 24.0 Å². The highest BCUT2D eigenvalue weighted by Gasteiger charge is 2.32. The zero-order valence-corrected chi connectivity index (χ0v) is 16.8. The first-order valence-corrected chi connectivity index (χ1v) is 11.1. The molecular formula is C21H26N2O3S. The van der Waals surface area contributed by atoms with Gasteiger partial charge in [-0.3, -0.25) is 9.10 Å². The fraction of sp³-hybridized carbons (Fsp3) is 0.381. The molecule has 5 nitrogen and oxygen atoms in total. The van der Waals surface area contributed by atoms with Gasteiger partial charge in [-0.05, 0) is 49.1 Å². The normalized spacial score (nSPS) is 17.4. The summed E-state index contributed by atoms with van der Waals surface area (Å²) in [6.45, 7) is 3.98. The van der Waals surface area contributed by atoms with Crippen LogP contribution in [-0.4, -0.2) is 26.6 Å². The summed E-state index contributed by atoms with van der Waals surface area (Å²) in [6, 6.07) is 15.0. The molecule has 144 valence electrons. The first-order valence-electron chi connectivity index (χ1n) is 9.29. The van der Waals surface area contributed by atoms with Gasteiger partial charge in [0.15, 0.2) is 0 Å². The second-order valence-electron chi connectivity index (χ2n) is 7.18. The Labute approximate surface area is 161 Å². The van der Waals surface area contributed by atoms with Gasteiger partial charge in [0.1, 0.15) is 0 Å². The smallest absolute Gasteiger partial charge is 0.251 e. The molecule has 0 unspecified atom stereocenters. The summed E-state index contributed by atoms with van der Waals surface area (Å²) in [5.74, 6) is -0.134. The number of hydrogen-bond acceptors (Lipinski definition) is 3. The van der Waals surface area contributed by atoms with Crippen LogP contribution >= 0.6 is 0 Å². The lowest BCUT2D eigenvalue weighted by atomic mass is 10.0. The van der Waals surface area contributed by atoms with Gasteiger partial charge in [0.2, 0.25) is 10.0 Å². The van der Waals surface area contributed by atoms with Gasteiger partial charge in [-0.1, -0.05) is 43.7 Å². The summed E-state index contributed by atoms with van der Waals surface area (Å²) in [7, 11) is -3.33. The molecule has 0 radical (unpaired) electrons.